The second-order valence-electron chi connectivity index (χ2n) is 24.4. The van der Waals surface area contributed by atoms with E-state index in [1.807, 2.05) is 185 Å². The van der Waals surface area contributed by atoms with Crippen LogP contribution >= 0.6 is 0 Å². The van der Waals surface area contributed by atoms with Crippen molar-refractivity contribution < 1.29 is 0 Å². The molecule has 0 amide bonds. The van der Waals surface area contributed by atoms with Crippen molar-refractivity contribution in [3.8, 4) is 45.0 Å². The van der Waals surface area contributed by atoms with Crippen LogP contribution in [0.15, 0.2) is 274 Å². The highest BCUT2D eigenvalue weighted by Crippen LogP contribution is 2.22. The predicted molar refractivity (Wildman–Crippen MR) is 410 cm³/mol. The molecule has 7 nitrogen and oxygen atoms in total. The molecule has 7 heteroatoms. The van der Waals surface area contributed by atoms with Gasteiger partial charge >= 0.3 is 0 Å². The van der Waals surface area contributed by atoms with E-state index in [9.17, 15) is 0 Å². The summed E-state index contributed by atoms with van der Waals surface area (Å²) in [5.41, 5.74) is 30.6. The Bertz CT molecular complexity index is 3720. The van der Waals surface area contributed by atoms with Crippen molar-refractivity contribution in [2.24, 2.45) is 0 Å². The van der Waals surface area contributed by atoms with Gasteiger partial charge in [-0.2, -0.15) is 0 Å². The molecule has 96 heavy (non-hydrogen) atoms. The van der Waals surface area contributed by atoms with Crippen LogP contribution in [0.5, 0.6) is 0 Å². The van der Waals surface area contributed by atoms with Crippen molar-refractivity contribution in [3.63, 3.8) is 0 Å². The molecule has 7 heterocycles. The van der Waals surface area contributed by atoms with Crippen LogP contribution in [0.1, 0.15) is 101 Å². The first kappa shape index (κ1) is 76.1. The topological polar surface area (TPSA) is 90.2 Å². The molecule has 0 fully saturated rings. The van der Waals surface area contributed by atoms with Crippen molar-refractivity contribution in [2.45, 2.75) is 125 Å². The maximum atomic E-state index is 4.42. The Labute approximate surface area is 575 Å². The lowest BCUT2D eigenvalue weighted by Gasteiger charge is -2.03. The fourth-order valence-electron chi connectivity index (χ4n) is 8.96. The average Bonchev–Trinajstić information content (AvgIpc) is 0.974. The summed E-state index contributed by atoms with van der Waals surface area (Å²) < 4.78 is 0. The summed E-state index contributed by atoms with van der Waals surface area (Å²) in [7, 11) is 0. The van der Waals surface area contributed by atoms with Crippen LogP contribution in [-0.4, -0.2) is 34.9 Å². The van der Waals surface area contributed by atoms with E-state index in [-0.39, 0.29) is 0 Å². The Hall–Kier alpha value is -10.6. The Kier molecular flexibility index (Phi) is 32.6. The fourth-order valence-corrected chi connectivity index (χ4v) is 8.96. The summed E-state index contributed by atoms with van der Waals surface area (Å²) in [6.07, 6.45) is 7.46. The molecule has 13 aromatic rings. The first-order chi connectivity index (χ1) is 46.0. The molecule has 0 aliphatic rings. The molecule has 0 radical (unpaired) electrons. The minimum Gasteiger partial charge on any atom is -0.261 e. The van der Waals surface area contributed by atoms with Crippen molar-refractivity contribution >= 4 is 0 Å². The van der Waals surface area contributed by atoms with Crippen LogP contribution < -0.4 is 0 Å². The van der Waals surface area contributed by atoms with Gasteiger partial charge < -0.3 is 0 Å². The molecule has 0 saturated carbocycles. The average molecular weight is 1270 g/mol. The summed E-state index contributed by atoms with van der Waals surface area (Å²) in [5, 5.41) is 0. The van der Waals surface area contributed by atoms with Crippen LogP contribution in [0.25, 0.3) is 45.0 Å². The molecular formula is C89H99N7. The third kappa shape index (κ3) is 30.9. The highest BCUT2D eigenvalue weighted by atomic mass is 14.8. The number of aryl methyl sites for hydroxylation is 18. The van der Waals surface area contributed by atoms with Crippen LogP contribution in [0, 0.1) is 125 Å². The van der Waals surface area contributed by atoms with E-state index in [0.29, 0.717) is 0 Å². The maximum absolute atomic E-state index is 4.42. The minimum absolute atomic E-state index is 0.926. The third-order valence-electron chi connectivity index (χ3n) is 14.5. The van der Waals surface area contributed by atoms with Gasteiger partial charge in [-0.25, -0.2) is 0 Å². The molecule has 0 saturated heterocycles. The van der Waals surface area contributed by atoms with Gasteiger partial charge in [-0.3, -0.25) is 34.9 Å². The number of nitrogens with zero attached hydrogens (tertiary/aromatic N) is 7. The zero-order chi connectivity index (χ0) is 69.8. The normalized spacial score (nSPS) is 9.77. The van der Waals surface area contributed by atoms with Gasteiger partial charge in [-0.05, 0) is 230 Å². The molecule has 13 rings (SSSR count). The van der Waals surface area contributed by atoms with Gasteiger partial charge in [0.15, 0.2) is 0 Å². The molecule has 0 aliphatic carbocycles. The smallest absolute Gasteiger partial charge is 0.0889 e. The Morgan fingerprint density at radius 3 is 0.656 bits per heavy atom. The number of pyridine rings is 7. The molecule has 0 aliphatic heterocycles. The quantitative estimate of drug-likeness (QED) is 0.173. The Morgan fingerprint density at radius 2 is 0.417 bits per heavy atom. The highest BCUT2D eigenvalue weighted by Gasteiger charge is 2.02. The molecule has 0 atom stereocenters. The van der Waals surface area contributed by atoms with E-state index in [1.165, 1.54) is 89.0 Å². The zero-order valence-electron chi connectivity index (χ0n) is 60.1. The van der Waals surface area contributed by atoms with Crippen molar-refractivity contribution in [1.82, 2.24) is 34.9 Å². The maximum Gasteiger partial charge on any atom is 0.0889 e. The van der Waals surface area contributed by atoms with Gasteiger partial charge in [0.1, 0.15) is 0 Å². The molecule has 6 aromatic carbocycles. The molecule has 7 aromatic heterocycles. The molecule has 0 bridgehead atoms. The van der Waals surface area contributed by atoms with Gasteiger partial charge in [0.2, 0.25) is 0 Å². The van der Waals surface area contributed by atoms with Crippen molar-refractivity contribution in [3.05, 3.63) is 374 Å². The van der Waals surface area contributed by atoms with E-state index in [4.69, 9.17) is 0 Å². The van der Waals surface area contributed by atoms with Crippen LogP contribution in [0.2, 0.25) is 0 Å². The largest absolute Gasteiger partial charge is 0.261 e. The van der Waals surface area contributed by atoms with Gasteiger partial charge in [-0.15, -0.1) is 0 Å². The fraction of sp³-hybridized carbons (Fsp3) is 0.202. The van der Waals surface area contributed by atoms with Gasteiger partial charge in [0.25, 0.3) is 0 Å². The lowest BCUT2D eigenvalue weighted by atomic mass is 10.0. The van der Waals surface area contributed by atoms with E-state index in [0.717, 1.165) is 56.9 Å². The van der Waals surface area contributed by atoms with Gasteiger partial charge in [-0.1, -0.05) is 233 Å². The van der Waals surface area contributed by atoms with E-state index >= 15 is 0 Å². The second kappa shape index (κ2) is 41.2. The number of rotatable bonds is 4. The first-order valence-corrected chi connectivity index (χ1v) is 32.7. The predicted octanol–water partition coefficient (Wildman–Crippen LogP) is 23.2. The molecular weight excluding hydrogens is 1170 g/mol. The number of hydrogen-bond donors (Lipinski definition) is 0. The molecule has 490 valence electrons. The summed E-state index contributed by atoms with van der Waals surface area (Å²) in [5.74, 6) is 0. The number of hydrogen-bond acceptors (Lipinski definition) is 7. The van der Waals surface area contributed by atoms with Crippen LogP contribution in [-0.2, 0) is 0 Å². The van der Waals surface area contributed by atoms with Crippen LogP contribution in [0.3, 0.4) is 0 Å². The molecule has 0 unspecified atom stereocenters. The van der Waals surface area contributed by atoms with E-state index in [2.05, 4.69) is 248 Å². The summed E-state index contributed by atoms with van der Waals surface area (Å²) in [6.45, 7) is 36.9. The zero-order valence-corrected chi connectivity index (χ0v) is 60.1. The summed E-state index contributed by atoms with van der Waals surface area (Å²) in [6, 6.07) is 85.5. The summed E-state index contributed by atoms with van der Waals surface area (Å²) in [4.78, 5) is 29.8. The highest BCUT2D eigenvalue weighted by molar-refractivity contribution is 5.65. The van der Waals surface area contributed by atoms with Crippen LogP contribution in [0.4, 0.5) is 0 Å². The standard InChI is InChI=1S/2C14H14.2C12H12N2.2C8H10.3C7H9N/c1-11-3-7-13(8-4-11)14-9-5-12(2)6-10-14;1-11-5-3-7-13(9-11)14-8-4-6-12(2)10-14;1-9-3-5-11(13-7-9)12-6-4-10(2)8-14-12;1-9-5-3-7-11(13-9)12-8-4-6-10(2)14-12;1-7-3-5-8(2)6-4-7;1-7-4-3-5-8(2)6-7;2*1-6-3-4-7(2)8-5-6;1-6-4-3-5-7(2)8-6/h2*3-10H,1-2H3;2*3-8H,1-2H3;2*3-6H,1-2H3;3*3-5H,1-2H3. The molecule has 0 N–H and O–H groups in total. The van der Waals surface area contributed by atoms with E-state index < -0.39 is 0 Å². The molecule has 0 spiro atoms. The van der Waals surface area contributed by atoms with Crippen molar-refractivity contribution in [2.75, 3.05) is 0 Å². The minimum atomic E-state index is 0.926. The summed E-state index contributed by atoms with van der Waals surface area (Å²) >= 11 is 0. The van der Waals surface area contributed by atoms with Gasteiger partial charge in [0, 0.05) is 59.0 Å². The number of benzene rings is 6. The number of aromatic nitrogens is 7. The van der Waals surface area contributed by atoms with Crippen molar-refractivity contribution in [1.29, 1.82) is 0 Å². The van der Waals surface area contributed by atoms with Gasteiger partial charge in [0.05, 0.1) is 22.8 Å². The Balaban J connectivity index is 0.000000198. The SMILES string of the molecule is Cc1ccc(-c2ccc(C)cc2)cc1.Cc1ccc(-c2ccc(C)cn2)nc1.Cc1ccc(C)cc1.Cc1ccc(C)nc1.Cc1ccc(C)nc1.Cc1cccc(-c2cccc(C)c2)c1.Cc1cccc(-c2cccc(C)n2)n1.Cc1cccc(C)c1.Cc1cccc(C)n1. The second-order valence-corrected chi connectivity index (χ2v) is 24.4. The monoisotopic (exact) mass is 1270 g/mol. The lowest BCUT2D eigenvalue weighted by Crippen LogP contribution is -1.90. The first-order valence-electron chi connectivity index (χ1n) is 32.7. The Morgan fingerprint density at radius 1 is 0.156 bits per heavy atom. The van der Waals surface area contributed by atoms with E-state index in [1.54, 1.807) is 0 Å². The third-order valence-corrected chi connectivity index (χ3v) is 14.5. The lowest BCUT2D eigenvalue weighted by molar-refractivity contribution is 1.12.